The minimum absolute atomic E-state index is 0.157. The lowest BCUT2D eigenvalue weighted by Crippen LogP contribution is -2.36. The average Bonchev–Trinajstić information content (AvgIpc) is 3.41. The van der Waals surface area contributed by atoms with Crippen LogP contribution in [-0.2, 0) is 12.0 Å². The summed E-state index contributed by atoms with van der Waals surface area (Å²) < 4.78 is 52.1. The van der Waals surface area contributed by atoms with Gasteiger partial charge in [-0.05, 0) is 38.0 Å². The van der Waals surface area contributed by atoms with Gasteiger partial charge in [0.1, 0.15) is 0 Å². The molecular formula is C23H22F3N5O2. The molecule has 4 aromatic rings. The molecule has 7 nitrogen and oxygen atoms in total. The van der Waals surface area contributed by atoms with Gasteiger partial charge >= 0.3 is 6.18 Å². The standard InChI is InChI=1S/C23H22F3N5O2/c1-14-11-18(29-31(14)13-15-5-10-19(32-4)27-12-15)21-28-20(30-33-21)16-6-8-17(9-7-16)22(2,3)23(24,25)26/h5-12H,13H2,1-4H3. The zero-order chi connectivity index (χ0) is 23.8. The molecule has 0 bridgehead atoms. The normalized spacial score (nSPS) is 12.2. The van der Waals surface area contributed by atoms with Gasteiger partial charge in [0.05, 0.1) is 19.1 Å². The van der Waals surface area contributed by atoms with E-state index in [4.69, 9.17) is 9.26 Å². The first-order valence-corrected chi connectivity index (χ1v) is 10.1. The van der Waals surface area contributed by atoms with Crippen molar-refractivity contribution in [1.29, 1.82) is 0 Å². The van der Waals surface area contributed by atoms with Crippen LogP contribution in [0.1, 0.15) is 30.7 Å². The van der Waals surface area contributed by atoms with Crippen LogP contribution in [0.15, 0.2) is 53.2 Å². The number of rotatable bonds is 6. The Balaban J connectivity index is 1.53. The Kier molecular flexibility index (Phi) is 5.69. The van der Waals surface area contributed by atoms with Gasteiger partial charge in [0.25, 0.3) is 5.89 Å². The number of benzene rings is 1. The number of hydrogen-bond donors (Lipinski definition) is 0. The Morgan fingerprint density at radius 1 is 1.06 bits per heavy atom. The van der Waals surface area contributed by atoms with E-state index in [2.05, 4.69) is 20.2 Å². The Morgan fingerprint density at radius 3 is 2.39 bits per heavy atom. The first-order valence-electron chi connectivity index (χ1n) is 10.1. The minimum atomic E-state index is -4.35. The number of ether oxygens (including phenoxy) is 1. The monoisotopic (exact) mass is 457 g/mol. The number of halogens is 3. The third-order valence-electron chi connectivity index (χ3n) is 5.54. The lowest BCUT2D eigenvalue weighted by molar-refractivity contribution is -0.180. The molecule has 33 heavy (non-hydrogen) atoms. The highest BCUT2D eigenvalue weighted by Gasteiger charge is 2.48. The van der Waals surface area contributed by atoms with E-state index in [0.29, 0.717) is 23.7 Å². The van der Waals surface area contributed by atoms with Gasteiger partial charge in [0.15, 0.2) is 5.69 Å². The van der Waals surface area contributed by atoms with Gasteiger partial charge in [0.2, 0.25) is 11.7 Å². The summed E-state index contributed by atoms with van der Waals surface area (Å²) in [6, 6.07) is 11.5. The molecule has 0 aliphatic rings. The summed E-state index contributed by atoms with van der Waals surface area (Å²) in [7, 11) is 1.56. The number of hydrogen-bond acceptors (Lipinski definition) is 6. The van der Waals surface area contributed by atoms with Gasteiger partial charge in [-0.25, -0.2) is 4.98 Å². The quantitative estimate of drug-likeness (QED) is 0.396. The summed E-state index contributed by atoms with van der Waals surface area (Å²) in [5.74, 6) is 1.03. The van der Waals surface area contributed by atoms with Crippen LogP contribution in [-0.4, -0.2) is 38.2 Å². The second kappa shape index (κ2) is 8.34. The molecule has 172 valence electrons. The van der Waals surface area contributed by atoms with Crippen molar-refractivity contribution in [3.05, 3.63) is 65.5 Å². The summed E-state index contributed by atoms with van der Waals surface area (Å²) in [5, 5.41) is 8.50. The van der Waals surface area contributed by atoms with Crippen molar-refractivity contribution in [1.82, 2.24) is 24.9 Å². The van der Waals surface area contributed by atoms with E-state index in [1.807, 2.05) is 19.1 Å². The van der Waals surface area contributed by atoms with Crippen LogP contribution in [0.5, 0.6) is 5.88 Å². The van der Waals surface area contributed by atoms with Crippen LogP contribution >= 0.6 is 0 Å². The SMILES string of the molecule is COc1ccc(Cn2nc(-c3nc(-c4ccc(C(C)(C)C(F)(F)F)cc4)no3)cc2C)cn1. The highest BCUT2D eigenvalue weighted by atomic mass is 19.4. The van der Waals surface area contributed by atoms with E-state index in [1.54, 1.807) is 36.2 Å². The number of nitrogens with zero attached hydrogens (tertiary/aromatic N) is 5. The molecule has 0 aliphatic heterocycles. The second-order valence-electron chi connectivity index (χ2n) is 8.16. The number of methoxy groups -OCH3 is 1. The van der Waals surface area contributed by atoms with Crippen LogP contribution in [0.25, 0.3) is 23.0 Å². The van der Waals surface area contributed by atoms with E-state index >= 15 is 0 Å². The average molecular weight is 457 g/mol. The smallest absolute Gasteiger partial charge is 0.397 e. The van der Waals surface area contributed by atoms with Gasteiger partial charge in [-0.3, -0.25) is 4.68 Å². The largest absolute Gasteiger partial charge is 0.481 e. The Bertz CT molecular complexity index is 1240. The summed E-state index contributed by atoms with van der Waals surface area (Å²) in [6.07, 6.45) is -2.64. The summed E-state index contributed by atoms with van der Waals surface area (Å²) in [4.78, 5) is 8.56. The number of alkyl halides is 3. The van der Waals surface area contributed by atoms with E-state index in [1.165, 1.54) is 12.1 Å². The van der Waals surface area contributed by atoms with Crippen molar-refractivity contribution in [2.24, 2.45) is 0 Å². The van der Waals surface area contributed by atoms with Crippen molar-refractivity contribution in [3.63, 3.8) is 0 Å². The van der Waals surface area contributed by atoms with Crippen LogP contribution in [0, 0.1) is 6.92 Å². The molecule has 1 aromatic carbocycles. The fourth-order valence-electron chi connectivity index (χ4n) is 3.22. The lowest BCUT2D eigenvalue weighted by Gasteiger charge is -2.28. The predicted octanol–water partition coefficient (Wildman–Crippen LogP) is 5.20. The molecule has 3 heterocycles. The van der Waals surface area contributed by atoms with Crippen molar-refractivity contribution in [2.45, 2.75) is 38.9 Å². The molecule has 4 rings (SSSR count). The lowest BCUT2D eigenvalue weighted by atomic mass is 9.83. The Hall–Kier alpha value is -3.69. The molecule has 0 fully saturated rings. The van der Waals surface area contributed by atoms with E-state index in [0.717, 1.165) is 25.1 Å². The molecule has 0 unspecified atom stereocenters. The van der Waals surface area contributed by atoms with Gasteiger partial charge in [-0.1, -0.05) is 35.5 Å². The topological polar surface area (TPSA) is 78.9 Å². The second-order valence-corrected chi connectivity index (χ2v) is 8.16. The maximum Gasteiger partial charge on any atom is 0.397 e. The molecule has 0 radical (unpaired) electrons. The molecule has 0 atom stereocenters. The highest BCUT2D eigenvalue weighted by Crippen LogP contribution is 2.40. The maximum atomic E-state index is 13.3. The molecule has 0 aliphatic carbocycles. The first kappa shape index (κ1) is 22.5. The summed E-state index contributed by atoms with van der Waals surface area (Å²) >= 11 is 0. The summed E-state index contributed by atoms with van der Waals surface area (Å²) in [6.45, 7) is 4.70. The van der Waals surface area contributed by atoms with Crippen LogP contribution in [0.4, 0.5) is 13.2 Å². The zero-order valence-corrected chi connectivity index (χ0v) is 18.5. The minimum Gasteiger partial charge on any atom is -0.481 e. The fourth-order valence-corrected chi connectivity index (χ4v) is 3.22. The van der Waals surface area contributed by atoms with Crippen LogP contribution < -0.4 is 4.74 Å². The number of aromatic nitrogens is 5. The van der Waals surface area contributed by atoms with Gasteiger partial charge in [-0.15, -0.1) is 0 Å². The Morgan fingerprint density at radius 2 is 1.79 bits per heavy atom. The fraction of sp³-hybridized carbons (Fsp3) is 0.304. The molecule has 3 aromatic heterocycles. The van der Waals surface area contributed by atoms with Gasteiger partial charge in [-0.2, -0.15) is 23.3 Å². The van der Waals surface area contributed by atoms with Crippen molar-refractivity contribution < 1.29 is 22.4 Å². The number of pyridine rings is 1. The van der Waals surface area contributed by atoms with E-state index in [9.17, 15) is 13.2 Å². The number of aryl methyl sites for hydroxylation is 1. The maximum absolute atomic E-state index is 13.3. The third kappa shape index (κ3) is 4.46. The summed E-state index contributed by atoms with van der Waals surface area (Å²) in [5.41, 5.74) is 1.08. The first-order chi connectivity index (χ1) is 15.6. The van der Waals surface area contributed by atoms with Crippen molar-refractivity contribution in [2.75, 3.05) is 7.11 Å². The molecule has 0 saturated heterocycles. The molecule has 0 spiro atoms. The molecule has 0 amide bonds. The predicted molar refractivity (Wildman–Crippen MR) is 115 cm³/mol. The molecule has 0 saturated carbocycles. The molecule has 0 N–H and O–H groups in total. The Labute approximate surface area is 188 Å². The van der Waals surface area contributed by atoms with Crippen molar-refractivity contribution >= 4 is 0 Å². The molecule has 10 heteroatoms. The van der Waals surface area contributed by atoms with E-state index in [-0.39, 0.29) is 17.3 Å². The highest BCUT2D eigenvalue weighted by molar-refractivity contribution is 5.58. The zero-order valence-electron chi connectivity index (χ0n) is 18.5. The van der Waals surface area contributed by atoms with Crippen molar-refractivity contribution in [3.8, 4) is 28.9 Å². The van der Waals surface area contributed by atoms with Gasteiger partial charge in [0, 0.05) is 23.5 Å². The molecular weight excluding hydrogens is 435 g/mol. The van der Waals surface area contributed by atoms with E-state index < -0.39 is 11.6 Å². The van der Waals surface area contributed by atoms with Gasteiger partial charge < -0.3 is 9.26 Å². The van der Waals surface area contributed by atoms with Crippen LogP contribution in [0.2, 0.25) is 0 Å². The third-order valence-corrected chi connectivity index (χ3v) is 5.54. The van der Waals surface area contributed by atoms with Crippen LogP contribution in [0.3, 0.4) is 0 Å².